The van der Waals surface area contributed by atoms with Gasteiger partial charge in [0.05, 0.1) is 12.0 Å². The van der Waals surface area contributed by atoms with Crippen molar-refractivity contribution in [3.63, 3.8) is 0 Å². The zero-order chi connectivity index (χ0) is 16.5. The number of fused-ring (bicyclic) bond motifs is 1. The van der Waals surface area contributed by atoms with Crippen LogP contribution in [-0.4, -0.2) is 38.4 Å². The molecule has 0 aromatic heterocycles. The maximum absolute atomic E-state index is 12.6. The molecule has 0 amide bonds. The first-order valence-electron chi connectivity index (χ1n) is 6.26. The molecule has 1 heterocycles. The Kier molecular flexibility index (Phi) is 4.76. The van der Waals surface area contributed by atoms with Gasteiger partial charge >= 0.3 is 5.97 Å². The van der Waals surface area contributed by atoms with Crippen LogP contribution in [0.4, 0.5) is 0 Å². The summed E-state index contributed by atoms with van der Waals surface area (Å²) in [6.07, 6.45) is 0. The van der Waals surface area contributed by atoms with Crippen molar-refractivity contribution in [2.75, 3.05) is 13.7 Å². The van der Waals surface area contributed by atoms with Crippen molar-refractivity contribution in [3.05, 3.63) is 38.7 Å². The Morgan fingerprint density at radius 3 is 2.86 bits per heavy atom. The molecule has 22 heavy (non-hydrogen) atoms. The van der Waals surface area contributed by atoms with E-state index in [0.717, 1.165) is 15.9 Å². The van der Waals surface area contributed by atoms with Crippen LogP contribution in [0.15, 0.2) is 32.7 Å². The third-order valence-corrected chi connectivity index (χ3v) is 5.96. The first-order valence-corrected chi connectivity index (χ1v) is 8.49. The molecule has 0 spiro atoms. The summed E-state index contributed by atoms with van der Waals surface area (Å²) in [6, 6.07) is 3.16. The van der Waals surface area contributed by atoms with Gasteiger partial charge in [0, 0.05) is 22.0 Å². The number of esters is 1. The molecule has 2 unspecified atom stereocenters. The lowest BCUT2D eigenvalue weighted by Crippen LogP contribution is -2.38. The van der Waals surface area contributed by atoms with Gasteiger partial charge in [0.2, 0.25) is 10.0 Å². The van der Waals surface area contributed by atoms with E-state index in [4.69, 9.17) is 5.53 Å². The fraction of sp³-hybridized carbons (Fsp3) is 0.417. The zero-order valence-corrected chi connectivity index (χ0v) is 14.2. The van der Waals surface area contributed by atoms with Crippen molar-refractivity contribution in [2.24, 2.45) is 5.11 Å². The van der Waals surface area contributed by atoms with E-state index in [1.807, 2.05) is 0 Å². The molecule has 0 fully saturated rings. The van der Waals surface area contributed by atoms with Crippen LogP contribution in [0.3, 0.4) is 0 Å². The van der Waals surface area contributed by atoms with Gasteiger partial charge in [0.25, 0.3) is 0 Å². The van der Waals surface area contributed by atoms with Gasteiger partial charge in [0.15, 0.2) is 0 Å². The normalized spacial score (nSPS) is 20.8. The maximum atomic E-state index is 12.6. The largest absolute Gasteiger partial charge is 0.469 e. The van der Waals surface area contributed by atoms with Crippen molar-refractivity contribution in [2.45, 2.75) is 23.9 Å². The number of azide groups is 1. The molecule has 1 aromatic carbocycles. The van der Waals surface area contributed by atoms with Crippen LogP contribution < -0.4 is 0 Å². The van der Waals surface area contributed by atoms with Crippen molar-refractivity contribution in [1.82, 2.24) is 4.31 Å². The molecule has 0 aliphatic carbocycles. The molecule has 2 atom stereocenters. The monoisotopic (exact) mass is 388 g/mol. The molecule has 0 radical (unpaired) electrons. The fourth-order valence-electron chi connectivity index (χ4n) is 2.35. The summed E-state index contributed by atoms with van der Waals surface area (Å²) < 4.78 is 31.6. The second kappa shape index (κ2) is 6.25. The molecule has 10 heteroatoms. The Labute approximate surface area is 135 Å². The number of hydrogen-bond donors (Lipinski definition) is 0. The minimum atomic E-state index is -3.75. The molecule has 118 valence electrons. The second-order valence-corrected chi connectivity index (χ2v) is 7.45. The fourth-order valence-corrected chi connectivity index (χ4v) is 4.62. The predicted molar refractivity (Wildman–Crippen MR) is 81.4 cm³/mol. The molecule has 0 N–H and O–H groups in total. The van der Waals surface area contributed by atoms with Crippen LogP contribution in [-0.2, 0) is 19.6 Å². The summed E-state index contributed by atoms with van der Waals surface area (Å²) in [7, 11) is -2.60. The smallest absolute Gasteiger partial charge is 0.315 e. The van der Waals surface area contributed by atoms with Crippen LogP contribution in [0, 0.1) is 0 Å². The number of sulfonamides is 1. The average molecular weight is 389 g/mol. The highest BCUT2D eigenvalue weighted by Gasteiger charge is 2.42. The minimum Gasteiger partial charge on any atom is -0.469 e. The highest BCUT2D eigenvalue weighted by molar-refractivity contribution is 9.10. The Hall–Kier alpha value is -1.61. The first kappa shape index (κ1) is 16.8. The van der Waals surface area contributed by atoms with Gasteiger partial charge in [-0.25, -0.2) is 8.42 Å². The standard InChI is InChI=1S/C12H13BrN4O4S/c1-7-9-5-8(13)3-4-11(9)22(19,20)17(7)6-10(15-16-14)12(18)21-2/h3-5,7,10H,6H2,1-2H3. The van der Waals surface area contributed by atoms with Crippen LogP contribution in [0.25, 0.3) is 10.4 Å². The van der Waals surface area contributed by atoms with Gasteiger partial charge in [-0.3, -0.25) is 4.79 Å². The van der Waals surface area contributed by atoms with E-state index in [1.165, 1.54) is 6.07 Å². The predicted octanol–water partition coefficient (Wildman–Crippen LogP) is 2.37. The van der Waals surface area contributed by atoms with Crippen LogP contribution in [0.1, 0.15) is 18.5 Å². The molecule has 8 nitrogen and oxygen atoms in total. The van der Waals surface area contributed by atoms with E-state index in [-0.39, 0.29) is 11.4 Å². The van der Waals surface area contributed by atoms with E-state index < -0.39 is 28.1 Å². The topological polar surface area (TPSA) is 112 Å². The van der Waals surface area contributed by atoms with Crippen LogP contribution in [0.5, 0.6) is 0 Å². The highest BCUT2D eigenvalue weighted by atomic mass is 79.9. The van der Waals surface area contributed by atoms with E-state index in [1.54, 1.807) is 19.1 Å². The van der Waals surface area contributed by atoms with Crippen molar-refractivity contribution >= 4 is 31.9 Å². The minimum absolute atomic E-state index is 0.188. The lowest BCUT2D eigenvalue weighted by atomic mass is 10.1. The van der Waals surface area contributed by atoms with E-state index in [0.29, 0.717) is 5.56 Å². The van der Waals surface area contributed by atoms with E-state index >= 15 is 0 Å². The first-order chi connectivity index (χ1) is 10.3. The van der Waals surface area contributed by atoms with Gasteiger partial charge in [-0.05, 0) is 36.2 Å². The molecule has 2 rings (SSSR count). The number of rotatable bonds is 4. The number of benzene rings is 1. The Morgan fingerprint density at radius 1 is 1.59 bits per heavy atom. The Bertz CT molecular complexity index is 760. The molecular formula is C12H13BrN4O4S. The third kappa shape index (κ3) is 2.82. The number of carbonyl (C=O) groups is 1. The number of carbonyl (C=O) groups excluding carboxylic acids is 1. The number of nitrogens with zero attached hydrogens (tertiary/aromatic N) is 4. The zero-order valence-electron chi connectivity index (χ0n) is 11.8. The highest BCUT2D eigenvalue weighted by Crippen LogP contribution is 2.40. The molecule has 1 aromatic rings. The molecule has 1 aliphatic rings. The Morgan fingerprint density at radius 2 is 2.27 bits per heavy atom. The summed E-state index contributed by atoms with van der Waals surface area (Å²) >= 11 is 3.31. The van der Waals surface area contributed by atoms with Gasteiger partial charge in [-0.2, -0.15) is 4.31 Å². The lowest BCUT2D eigenvalue weighted by molar-refractivity contribution is -0.142. The SMILES string of the molecule is COC(=O)C(CN1C(C)c2cc(Br)ccc2S1(=O)=O)N=[N+]=[N-]. The third-order valence-electron chi connectivity index (χ3n) is 3.46. The maximum Gasteiger partial charge on any atom is 0.315 e. The molecule has 0 saturated carbocycles. The van der Waals surface area contributed by atoms with E-state index in [2.05, 4.69) is 30.7 Å². The van der Waals surface area contributed by atoms with Crippen molar-refractivity contribution < 1.29 is 17.9 Å². The number of methoxy groups -OCH3 is 1. The number of hydrogen-bond acceptors (Lipinski definition) is 5. The van der Waals surface area contributed by atoms with Crippen LogP contribution >= 0.6 is 15.9 Å². The van der Waals surface area contributed by atoms with Crippen LogP contribution in [0.2, 0.25) is 0 Å². The number of ether oxygens (including phenoxy) is 1. The summed E-state index contributed by atoms with van der Waals surface area (Å²) in [5.41, 5.74) is 9.16. The summed E-state index contributed by atoms with van der Waals surface area (Å²) in [5.74, 6) is -0.780. The summed E-state index contributed by atoms with van der Waals surface area (Å²) in [6.45, 7) is 1.44. The van der Waals surface area contributed by atoms with Gasteiger partial charge < -0.3 is 4.74 Å². The van der Waals surface area contributed by atoms with Crippen molar-refractivity contribution in [1.29, 1.82) is 0 Å². The Balaban J connectivity index is 2.41. The quantitative estimate of drug-likeness (QED) is 0.340. The summed E-state index contributed by atoms with van der Waals surface area (Å²) in [4.78, 5) is 14.4. The molecule has 0 saturated heterocycles. The van der Waals surface area contributed by atoms with Gasteiger partial charge in [-0.15, -0.1) is 0 Å². The second-order valence-electron chi connectivity index (χ2n) is 4.68. The van der Waals surface area contributed by atoms with Gasteiger partial charge in [0.1, 0.15) is 6.04 Å². The molecule has 0 bridgehead atoms. The van der Waals surface area contributed by atoms with Crippen molar-refractivity contribution in [3.8, 4) is 0 Å². The molecular weight excluding hydrogens is 376 g/mol. The van der Waals surface area contributed by atoms with Gasteiger partial charge in [-0.1, -0.05) is 21.0 Å². The molecule has 1 aliphatic heterocycles. The lowest BCUT2D eigenvalue weighted by Gasteiger charge is -2.22. The summed E-state index contributed by atoms with van der Waals surface area (Å²) in [5, 5.41) is 3.33. The van der Waals surface area contributed by atoms with E-state index in [9.17, 15) is 13.2 Å². The number of halogens is 1. The average Bonchev–Trinajstić information content (AvgIpc) is 2.66.